The molecule has 14 aliphatic rings. The number of hydrogen-bond acceptors (Lipinski definition) is 15. The second-order valence-electron chi connectivity index (χ2n) is 17.8. The minimum Gasteiger partial charge on any atom is -0.493 e. The zero-order valence-electron chi connectivity index (χ0n) is 43.8. The maximum atomic E-state index is 6.68. The number of halogens is 2. The lowest BCUT2D eigenvalue weighted by atomic mass is 9.92. The Morgan fingerprint density at radius 1 is 0.293 bits per heavy atom. The Labute approximate surface area is 447 Å². The highest BCUT2D eigenvalue weighted by Crippen LogP contribution is 2.52. The first-order valence-corrected chi connectivity index (χ1v) is 25.5. The molecule has 6 aromatic rings. The average molecular weight is 1070 g/mol. The fraction of sp³-hybridized carbons (Fsp3) is 0.379. The fourth-order valence-electron chi connectivity index (χ4n) is 10.5. The standard InChI is InChI=1S/C57H60O15.CH2Cl2/c1-58-43-22-31-16-35-26-47-45(60-3)24-33(35)18-36-27-48-44(59-2)23-32(36)17-34(31)25-46(43)67-10-13-70-55-49(61-4)28-37-20-41-39(30-51(63-6)57(53(41)65-8)72-15-12-69-48)21-42-38(19-40(37)52(55)64-7)29-50(62-5)56(54(42)66-9)71-14-11-68-47;2-1-3/h22-30H,10-21H2,1-9H3;1H2. The molecule has 0 fully saturated rings. The summed E-state index contributed by atoms with van der Waals surface area (Å²) in [5.74, 6) is 7.74. The Kier molecular flexibility index (Phi) is 16.6. The molecule has 0 unspecified atom stereocenters. The van der Waals surface area contributed by atoms with Crippen molar-refractivity contribution in [2.45, 2.75) is 38.5 Å². The van der Waals surface area contributed by atoms with Crippen molar-refractivity contribution in [3.63, 3.8) is 0 Å². The van der Waals surface area contributed by atoms with Crippen molar-refractivity contribution in [3.8, 4) is 86.2 Å². The van der Waals surface area contributed by atoms with E-state index in [1.54, 1.807) is 64.0 Å². The van der Waals surface area contributed by atoms with E-state index < -0.39 is 0 Å². The van der Waals surface area contributed by atoms with Gasteiger partial charge in [-0.1, -0.05) is 0 Å². The van der Waals surface area contributed by atoms with Gasteiger partial charge in [0.1, 0.15) is 39.6 Å². The molecular weight excluding hydrogens is 1010 g/mol. The lowest BCUT2D eigenvalue weighted by Gasteiger charge is -2.23. The zero-order valence-corrected chi connectivity index (χ0v) is 45.3. The second kappa shape index (κ2) is 23.6. The molecule has 15 nitrogen and oxygen atoms in total. The molecule has 12 aliphatic heterocycles. The summed E-state index contributed by atoms with van der Waals surface area (Å²) in [5.41, 5.74) is 11.5. The molecule has 0 N–H and O–H groups in total. The first kappa shape index (κ1) is 52.8. The Hall–Kier alpha value is -7.10. The summed E-state index contributed by atoms with van der Waals surface area (Å²) < 4.78 is 95.4. The van der Waals surface area contributed by atoms with E-state index in [-0.39, 0.29) is 45.0 Å². The van der Waals surface area contributed by atoms with E-state index in [2.05, 4.69) is 36.4 Å². The quantitative estimate of drug-likeness (QED) is 0.127. The molecule has 0 amide bonds. The van der Waals surface area contributed by atoms with Crippen LogP contribution in [-0.4, -0.2) is 109 Å². The van der Waals surface area contributed by atoms with Crippen LogP contribution in [0.3, 0.4) is 0 Å². The van der Waals surface area contributed by atoms with Crippen LogP contribution in [0.15, 0.2) is 54.6 Å². The molecule has 18 bridgehead atoms. The summed E-state index contributed by atoms with van der Waals surface area (Å²) in [6.45, 7) is 0.931. The maximum absolute atomic E-state index is 6.68. The van der Waals surface area contributed by atoms with Crippen molar-refractivity contribution >= 4 is 23.2 Å². The number of methoxy groups -OCH3 is 9. The van der Waals surface area contributed by atoms with E-state index in [0.717, 1.165) is 66.8 Å². The Bertz CT molecular complexity index is 2740. The summed E-state index contributed by atoms with van der Waals surface area (Å²) in [5, 5.41) is 0.194. The van der Waals surface area contributed by atoms with Crippen LogP contribution in [0.2, 0.25) is 0 Å². The molecule has 75 heavy (non-hydrogen) atoms. The van der Waals surface area contributed by atoms with Gasteiger partial charge < -0.3 is 71.1 Å². The number of ether oxygens (including phenoxy) is 15. The smallest absolute Gasteiger partial charge is 0.203 e. The minimum absolute atomic E-state index is 0.141. The van der Waals surface area contributed by atoms with E-state index >= 15 is 0 Å². The van der Waals surface area contributed by atoms with Gasteiger partial charge in [-0.05, 0) is 124 Å². The number of benzene rings is 6. The van der Waals surface area contributed by atoms with Crippen LogP contribution in [-0.2, 0) is 38.5 Å². The van der Waals surface area contributed by atoms with Gasteiger partial charge in [0.05, 0.1) is 69.3 Å². The number of alkyl halides is 2. The predicted molar refractivity (Wildman–Crippen MR) is 284 cm³/mol. The topological polar surface area (TPSA) is 138 Å². The van der Waals surface area contributed by atoms with E-state index in [1.165, 1.54) is 0 Å². The van der Waals surface area contributed by atoms with Crippen LogP contribution in [0.4, 0.5) is 0 Å². The van der Waals surface area contributed by atoms with Crippen molar-refractivity contribution in [1.82, 2.24) is 0 Å². The SMILES string of the molecule is COc1cc2c3cc1OCCOc1c(OC)cc4c(c1OC)Cc1cc(OC)c5c(OC)c1Cc1cc(OC)c(c(OC)c1C4)OCCOc1cc(c(cc1OC)C3)Cc1cc(OC)c(cc1C2)OCCO5.ClCCl. The third-order valence-electron chi connectivity index (χ3n) is 13.9. The van der Waals surface area contributed by atoms with Crippen LogP contribution < -0.4 is 71.1 Å². The van der Waals surface area contributed by atoms with Gasteiger partial charge in [0.2, 0.25) is 17.2 Å². The van der Waals surface area contributed by atoms with Crippen molar-refractivity contribution < 1.29 is 71.1 Å². The highest BCUT2D eigenvalue weighted by atomic mass is 35.5. The Morgan fingerprint density at radius 2 is 0.520 bits per heavy atom. The molecular formula is C58H62Cl2O15. The monoisotopic (exact) mass is 1070 g/mol. The molecule has 6 aromatic carbocycles. The molecule has 0 saturated carbocycles. The third kappa shape index (κ3) is 10.5. The highest BCUT2D eigenvalue weighted by Gasteiger charge is 2.32. The minimum atomic E-state index is 0.141. The number of rotatable bonds is 9. The summed E-state index contributed by atoms with van der Waals surface area (Å²) in [6, 6.07) is 18.4. The van der Waals surface area contributed by atoms with Crippen LogP contribution in [0.1, 0.15) is 66.8 Å². The van der Waals surface area contributed by atoms with Gasteiger partial charge in [-0.2, -0.15) is 0 Å². The van der Waals surface area contributed by atoms with Gasteiger partial charge >= 0.3 is 0 Å². The van der Waals surface area contributed by atoms with Crippen LogP contribution in [0, 0.1) is 0 Å². The van der Waals surface area contributed by atoms with Crippen molar-refractivity contribution in [3.05, 3.63) is 121 Å². The van der Waals surface area contributed by atoms with Crippen LogP contribution in [0.25, 0.3) is 0 Å². The van der Waals surface area contributed by atoms with Gasteiger partial charge in [-0.25, -0.2) is 0 Å². The normalized spacial score (nSPS) is 14.1. The summed E-state index contributed by atoms with van der Waals surface area (Å²) in [6.07, 6.45) is 2.82. The van der Waals surface area contributed by atoms with E-state index in [4.69, 9.17) is 94.3 Å². The molecule has 398 valence electrons. The Morgan fingerprint density at radius 3 is 0.760 bits per heavy atom. The van der Waals surface area contributed by atoms with Crippen LogP contribution in [0.5, 0.6) is 86.2 Å². The maximum Gasteiger partial charge on any atom is 0.203 e. The molecule has 2 aliphatic carbocycles. The molecule has 12 heterocycles. The summed E-state index contributed by atoms with van der Waals surface area (Å²) in [7, 11) is 14.7. The van der Waals surface area contributed by atoms with E-state index in [0.29, 0.717) is 125 Å². The highest BCUT2D eigenvalue weighted by molar-refractivity contribution is 6.40. The van der Waals surface area contributed by atoms with Gasteiger partial charge in [0, 0.05) is 36.0 Å². The van der Waals surface area contributed by atoms with Gasteiger partial charge in [0.25, 0.3) is 0 Å². The lowest BCUT2D eigenvalue weighted by Crippen LogP contribution is -2.13. The largest absolute Gasteiger partial charge is 0.493 e. The van der Waals surface area contributed by atoms with Gasteiger partial charge in [0.15, 0.2) is 69.0 Å². The molecule has 17 heteroatoms. The fourth-order valence-corrected chi connectivity index (χ4v) is 10.5. The first-order chi connectivity index (χ1) is 36.6. The molecule has 0 radical (unpaired) electrons. The average Bonchev–Trinajstić information content (AvgIpc) is 3.52. The molecule has 0 aromatic heterocycles. The Balaban J connectivity index is 0.00000224. The molecule has 0 saturated heterocycles. The second-order valence-corrected chi connectivity index (χ2v) is 18.6. The van der Waals surface area contributed by atoms with Gasteiger partial charge in [-0.3, -0.25) is 0 Å². The van der Waals surface area contributed by atoms with E-state index in [9.17, 15) is 0 Å². The molecule has 0 spiro atoms. The van der Waals surface area contributed by atoms with Crippen molar-refractivity contribution in [1.29, 1.82) is 0 Å². The van der Waals surface area contributed by atoms with Gasteiger partial charge in [-0.15, -0.1) is 23.2 Å². The van der Waals surface area contributed by atoms with Crippen molar-refractivity contribution in [2.24, 2.45) is 0 Å². The molecule has 20 rings (SSSR count). The predicted octanol–water partition coefficient (Wildman–Crippen LogP) is 10.4. The molecule has 0 atom stereocenters. The first-order valence-electron chi connectivity index (χ1n) is 24.4. The van der Waals surface area contributed by atoms with E-state index in [1.807, 2.05) is 18.2 Å². The third-order valence-corrected chi connectivity index (χ3v) is 13.9. The summed E-state index contributed by atoms with van der Waals surface area (Å²) in [4.78, 5) is 0. The lowest BCUT2D eigenvalue weighted by molar-refractivity contribution is 0.199. The number of hydrogen-bond donors (Lipinski definition) is 0. The summed E-state index contributed by atoms with van der Waals surface area (Å²) >= 11 is 9.53. The van der Waals surface area contributed by atoms with Crippen molar-refractivity contribution in [2.75, 3.05) is 109 Å². The van der Waals surface area contributed by atoms with Crippen LogP contribution >= 0.6 is 23.2 Å². The zero-order chi connectivity index (χ0) is 52.8.